The number of aliphatic carboxylic acids is 2. The molecule has 0 saturated carbocycles. The average molecular weight is 298 g/mol. The van der Waals surface area contributed by atoms with Crippen molar-refractivity contribution in [3.63, 3.8) is 0 Å². The minimum absolute atomic E-state index is 0.00733. The minimum atomic E-state index is -1.62. The molecular formula is C12H14N2O7. The molecule has 114 valence electrons. The van der Waals surface area contributed by atoms with Gasteiger partial charge in [-0.3, -0.25) is 9.59 Å². The summed E-state index contributed by atoms with van der Waals surface area (Å²) < 4.78 is 9.53. The van der Waals surface area contributed by atoms with Crippen LogP contribution in [0.3, 0.4) is 0 Å². The Labute approximate surface area is 119 Å². The van der Waals surface area contributed by atoms with E-state index >= 15 is 0 Å². The van der Waals surface area contributed by atoms with Gasteiger partial charge in [-0.1, -0.05) is 0 Å². The number of carboxylic acid groups (broad SMARTS) is 2. The van der Waals surface area contributed by atoms with E-state index in [0.717, 1.165) is 0 Å². The first-order valence-corrected chi connectivity index (χ1v) is 5.72. The maximum atomic E-state index is 11.3. The first-order valence-electron chi connectivity index (χ1n) is 5.72. The molecule has 1 aromatic rings. The fourth-order valence-electron chi connectivity index (χ4n) is 1.45. The van der Waals surface area contributed by atoms with Gasteiger partial charge in [0.05, 0.1) is 26.1 Å². The molecule has 0 saturated heterocycles. The SMILES string of the molecule is COC(=O)c1cc(OC)c(NCC(C(=O)O)C(=O)O)cn1. The molecule has 3 N–H and O–H groups in total. The zero-order valence-electron chi connectivity index (χ0n) is 11.3. The molecule has 0 aliphatic rings. The van der Waals surface area contributed by atoms with E-state index in [2.05, 4.69) is 15.0 Å². The molecule has 0 spiro atoms. The molecule has 9 nitrogen and oxygen atoms in total. The molecule has 0 aliphatic heterocycles. The molecule has 0 aliphatic carbocycles. The molecule has 9 heteroatoms. The standard InChI is InChI=1S/C12H14N2O7/c1-20-9-3-7(12(19)21-2)14-5-8(9)13-4-6(10(15)16)11(17)18/h3,5-6,13H,4H2,1-2H3,(H,15,16)(H,17,18). The van der Waals surface area contributed by atoms with E-state index in [-0.39, 0.29) is 23.7 Å². The van der Waals surface area contributed by atoms with Crippen LogP contribution in [-0.2, 0) is 14.3 Å². The van der Waals surface area contributed by atoms with Crippen molar-refractivity contribution in [3.8, 4) is 5.75 Å². The molecule has 0 amide bonds. The number of rotatable bonds is 7. The van der Waals surface area contributed by atoms with Crippen molar-refractivity contribution in [1.29, 1.82) is 0 Å². The molecule has 1 aromatic heterocycles. The minimum Gasteiger partial charge on any atom is -0.494 e. The molecule has 21 heavy (non-hydrogen) atoms. The Bertz CT molecular complexity index is 545. The van der Waals surface area contributed by atoms with Crippen LogP contribution in [0.4, 0.5) is 5.69 Å². The van der Waals surface area contributed by atoms with Crippen LogP contribution in [0.2, 0.25) is 0 Å². The van der Waals surface area contributed by atoms with Gasteiger partial charge in [-0.05, 0) is 0 Å². The van der Waals surface area contributed by atoms with E-state index in [4.69, 9.17) is 14.9 Å². The number of carboxylic acids is 2. The summed E-state index contributed by atoms with van der Waals surface area (Å²) >= 11 is 0. The van der Waals surface area contributed by atoms with E-state index < -0.39 is 23.8 Å². The quantitative estimate of drug-likeness (QED) is 0.472. The van der Waals surface area contributed by atoms with Crippen molar-refractivity contribution in [2.45, 2.75) is 0 Å². The maximum absolute atomic E-state index is 11.3. The number of pyridine rings is 1. The zero-order chi connectivity index (χ0) is 16.0. The van der Waals surface area contributed by atoms with Crippen LogP contribution >= 0.6 is 0 Å². The van der Waals surface area contributed by atoms with Crippen LogP contribution in [0, 0.1) is 5.92 Å². The lowest BCUT2D eigenvalue weighted by Gasteiger charge is -2.13. The van der Waals surface area contributed by atoms with Gasteiger partial charge in [0, 0.05) is 12.6 Å². The highest BCUT2D eigenvalue weighted by Gasteiger charge is 2.26. The predicted octanol–water partition coefficient (Wildman–Crippen LogP) is 0.0741. The number of nitrogens with zero attached hydrogens (tertiary/aromatic N) is 1. The Morgan fingerprint density at radius 2 is 1.90 bits per heavy atom. The maximum Gasteiger partial charge on any atom is 0.356 e. The summed E-state index contributed by atoms with van der Waals surface area (Å²) in [6.45, 7) is -0.361. The number of ether oxygens (including phenoxy) is 2. The van der Waals surface area contributed by atoms with Gasteiger partial charge in [0.15, 0.2) is 11.6 Å². The molecule has 0 aromatic carbocycles. The van der Waals surface area contributed by atoms with Gasteiger partial charge < -0.3 is 25.0 Å². The highest BCUT2D eigenvalue weighted by atomic mass is 16.5. The number of esters is 1. The number of nitrogens with one attached hydrogen (secondary N) is 1. The predicted molar refractivity (Wildman–Crippen MR) is 69.4 cm³/mol. The summed E-state index contributed by atoms with van der Waals surface area (Å²) in [5, 5.41) is 20.1. The van der Waals surface area contributed by atoms with Gasteiger partial charge in [-0.2, -0.15) is 0 Å². The monoisotopic (exact) mass is 298 g/mol. The van der Waals surface area contributed by atoms with Crippen molar-refractivity contribution in [1.82, 2.24) is 4.98 Å². The normalized spacial score (nSPS) is 10.0. The third-order valence-corrected chi connectivity index (χ3v) is 2.57. The second-order valence-corrected chi connectivity index (χ2v) is 3.87. The molecule has 0 bridgehead atoms. The molecule has 0 radical (unpaired) electrons. The fraction of sp³-hybridized carbons (Fsp3) is 0.333. The van der Waals surface area contributed by atoms with Gasteiger partial charge in [-0.25, -0.2) is 9.78 Å². The second-order valence-electron chi connectivity index (χ2n) is 3.87. The highest BCUT2D eigenvalue weighted by molar-refractivity contribution is 5.93. The lowest BCUT2D eigenvalue weighted by Crippen LogP contribution is -2.30. The molecule has 0 fully saturated rings. The van der Waals surface area contributed by atoms with Crippen LogP contribution in [0.25, 0.3) is 0 Å². The first-order chi connectivity index (χ1) is 9.90. The number of carbonyl (C=O) groups excluding carboxylic acids is 1. The molecule has 1 rings (SSSR count). The molecule has 0 unspecified atom stereocenters. The van der Waals surface area contributed by atoms with E-state index in [0.29, 0.717) is 0 Å². The van der Waals surface area contributed by atoms with Gasteiger partial charge in [0.2, 0.25) is 0 Å². The summed E-state index contributed by atoms with van der Waals surface area (Å²) in [5.41, 5.74) is 0.269. The second kappa shape index (κ2) is 7.08. The van der Waals surface area contributed by atoms with E-state index in [1.54, 1.807) is 0 Å². The number of anilines is 1. The summed E-state index contributed by atoms with van der Waals surface area (Å²) in [6.07, 6.45) is 1.23. The average Bonchev–Trinajstić information content (AvgIpc) is 2.45. The summed E-state index contributed by atoms with van der Waals surface area (Å²) in [4.78, 5) is 36.7. The lowest BCUT2D eigenvalue weighted by molar-refractivity contribution is -0.153. The van der Waals surface area contributed by atoms with Gasteiger partial charge in [-0.15, -0.1) is 0 Å². The Hall–Kier alpha value is -2.84. The Balaban J connectivity index is 2.91. The zero-order valence-corrected chi connectivity index (χ0v) is 11.3. The number of hydrogen-bond acceptors (Lipinski definition) is 7. The summed E-state index contributed by atoms with van der Waals surface area (Å²) in [6, 6.07) is 1.30. The van der Waals surface area contributed by atoms with Crippen LogP contribution in [0.15, 0.2) is 12.3 Å². The molecule has 0 atom stereocenters. The smallest absolute Gasteiger partial charge is 0.356 e. The molecule has 1 heterocycles. The Kier molecular flexibility index (Phi) is 5.47. The number of methoxy groups -OCH3 is 2. The van der Waals surface area contributed by atoms with Crippen molar-refractivity contribution in [2.24, 2.45) is 5.92 Å². The van der Waals surface area contributed by atoms with Crippen molar-refractivity contribution >= 4 is 23.6 Å². The van der Waals surface area contributed by atoms with E-state index in [1.165, 1.54) is 26.5 Å². The third kappa shape index (κ3) is 4.06. The van der Waals surface area contributed by atoms with Gasteiger partial charge in [0.25, 0.3) is 0 Å². The van der Waals surface area contributed by atoms with E-state index in [1.807, 2.05) is 0 Å². The summed E-state index contributed by atoms with van der Waals surface area (Å²) in [7, 11) is 2.54. The Morgan fingerprint density at radius 1 is 1.29 bits per heavy atom. The van der Waals surface area contributed by atoms with Crippen LogP contribution in [0.1, 0.15) is 10.5 Å². The van der Waals surface area contributed by atoms with Crippen LogP contribution < -0.4 is 10.1 Å². The highest BCUT2D eigenvalue weighted by Crippen LogP contribution is 2.24. The van der Waals surface area contributed by atoms with Crippen molar-refractivity contribution < 1.29 is 34.1 Å². The van der Waals surface area contributed by atoms with Crippen molar-refractivity contribution in [3.05, 3.63) is 18.0 Å². The lowest BCUT2D eigenvalue weighted by atomic mass is 10.1. The topological polar surface area (TPSA) is 135 Å². The number of carbonyl (C=O) groups is 3. The van der Waals surface area contributed by atoms with Crippen LogP contribution in [-0.4, -0.2) is 53.9 Å². The van der Waals surface area contributed by atoms with E-state index in [9.17, 15) is 14.4 Å². The van der Waals surface area contributed by atoms with Gasteiger partial charge >= 0.3 is 17.9 Å². The largest absolute Gasteiger partial charge is 0.494 e. The van der Waals surface area contributed by atoms with Gasteiger partial charge in [0.1, 0.15) is 5.75 Å². The Morgan fingerprint density at radius 3 is 2.38 bits per heavy atom. The van der Waals surface area contributed by atoms with Crippen LogP contribution in [0.5, 0.6) is 5.75 Å². The number of hydrogen-bond donors (Lipinski definition) is 3. The third-order valence-electron chi connectivity index (χ3n) is 2.57. The number of aromatic nitrogens is 1. The van der Waals surface area contributed by atoms with Crippen molar-refractivity contribution in [2.75, 3.05) is 26.1 Å². The molecular weight excluding hydrogens is 284 g/mol. The fourth-order valence-corrected chi connectivity index (χ4v) is 1.45. The summed E-state index contributed by atoms with van der Waals surface area (Å²) in [5.74, 6) is -5.00. The first kappa shape index (κ1) is 16.2.